The molecule has 0 amide bonds. The molecule has 0 saturated heterocycles. The molecular formula is C19H31F3N4O2. The maximum atomic E-state index is 12.3. The molecule has 0 heterocycles. The van der Waals surface area contributed by atoms with E-state index in [1.54, 1.807) is 25.3 Å². The SMILES string of the molecule is CCNC(=NCc1cccc(OCC(F)(F)F)c1)NCCN(C)CCCOC. The van der Waals surface area contributed by atoms with Gasteiger partial charge in [-0.3, -0.25) is 0 Å². The Morgan fingerprint density at radius 2 is 2.00 bits per heavy atom. The summed E-state index contributed by atoms with van der Waals surface area (Å²) >= 11 is 0. The topological polar surface area (TPSA) is 58.1 Å². The minimum absolute atomic E-state index is 0.181. The Labute approximate surface area is 165 Å². The molecular weight excluding hydrogens is 373 g/mol. The molecule has 0 radical (unpaired) electrons. The third kappa shape index (κ3) is 11.7. The Balaban J connectivity index is 2.50. The summed E-state index contributed by atoms with van der Waals surface area (Å²) < 4.78 is 46.6. The fraction of sp³-hybridized carbons (Fsp3) is 0.632. The van der Waals surface area contributed by atoms with E-state index in [9.17, 15) is 13.2 Å². The van der Waals surface area contributed by atoms with Crippen LogP contribution < -0.4 is 15.4 Å². The molecule has 0 aromatic heterocycles. The molecule has 9 heteroatoms. The van der Waals surface area contributed by atoms with Gasteiger partial charge in [-0.15, -0.1) is 0 Å². The lowest BCUT2D eigenvalue weighted by atomic mass is 10.2. The molecule has 2 N–H and O–H groups in total. The Hall–Kier alpha value is -2.00. The first-order valence-corrected chi connectivity index (χ1v) is 9.32. The van der Waals surface area contributed by atoms with E-state index in [0.29, 0.717) is 19.0 Å². The van der Waals surface area contributed by atoms with Crippen molar-refractivity contribution in [2.75, 3.05) is 53.6 Å². The fourth-order valence-electron chi connectivity index (χ4n) is 2.37. The van der Waals surface area contributed by atoms with Crippen molar-refractivity contribution in [3.8, 4) is 5.75 Å². The van der Waals surface area contributed by atoms with Crippen molar-refractivity contribution in [3.63, 3.8) is 0 Å². The van der Waals surface area contributed by atoms with Crippen molar-refractivity contribution in [2.24, 2.45) is 4.99 Å². The van der Waals surface area contributed by atoms with Gasteiger partial charge >= 0.3 is 6.18 Å². The first-order valence-electron chi connectivity index (χ1n) is 9.32. The van der Waals surface area contributed by atoms with Crippen molar-refractivity contribution in [3.05, 3.63) is 29.8 Å². The summed E-state index contributed by atoms with van der Waals surface area (Å²) in [6.45, 7) is 4.99. The third-order valence-corrected chi connectivity index (χ3v) is 3.74. The number of alkyl halides is 3. The van der Waals surface area contributed by atoms with Gasteiger partial charge in [-0.2, -0.15) is 13.2 Å². The van der Waals surface area contributed by atoms with Crippen molar-refractivity contribution in [1.82, 2.24) is 15.5 Å². The van der Waals surface area contributed by atoms with Gasteiger partial charge in [0.05, 0.1) is 6.54 Å². The van der Waals surface area contributed by atoms with Crippen LogP contribution in [0.3, 0.4) is 0 Å². The van der Waals surface area contributed by atoms with Crippen LogP contribution in [0.25, 0.3) is 0 Å². The molecule has 6 nitrogen and oxygen atoms in total. The van der Waals surface area contributed by atoms with E-state index in [2.05, 4.69) is 20.5 Å². The number of likely N-dealkylation sites (N-methyl/N-ethyl adjacent to an activating group) is 1. The number of ether oxygens (including phenoxy) is 2. The number of benzene rings is 1. The highest BCUT2D eigenvalue weighted by Gasteiger charge is 2.28. The third-order valence-electron chi connectivity index (χ3n) is 3.74. The van der Waals surface area contributed by atoms with Gasteiger partial charge in [0.15, 0.2) is 12.6 Å². The molecule has 0 aliphatic heterocycles. The Morgan fingerprint density at radius 1 is 1.21 bits per heavy atom. The average molecular weight is 404 g/mol. The van der Waals surface area contributed by atoms with Gasteiger partial charge in [0.25, 0.3) is 0 Å². The maximum absolute atomic E-state index is 12.3. The molecule has 0 unspecified atom stereocenters. The maximum Gasteiger partial charge on any atom is 0.422 e. The number of hydrogen-bond donors (Lipinski definition) is 2. The summed E-state index contributed by atoms with van der Waals surface area (Å²) in [5, 5.41) is 6.42. The van der Waals surface area contributed by atoms with E-state index >= 15 is 0 Å². The highest BCUT2D eigenvalue weighted by Crippen LogP contribution is 2.19. The van der Waals surface area contributed by atoms with E-state index in [1.807, 2.05) is 14.0 Å². The van der Waals surface area contributed by atoms with Crippen LogP contribution in [-0.4, -0.2) is 70.6 Å². The summed E-state index contributed by atoms with van der Waals surface area (Å²) in [4.78, 5) is 6.69. The first kappa shape index (κ1) is 24.0. The van der Waals surface area contributed by atoms with Crippen molar-refractivity contribution < 1.29 is 22.6 Å². The number of nitrogens with one attached hydrogen (secondary N) is 2. The van der Waals surface area contributed by atoms with Gasteiger partial charge < -0.3 is 25.0 Å². The summed E-state index contributed by atoms with van der Waals surface area (Å²) in [6.07, 6.45) is -3.37. The second-order valence-corrected chi connectivity index (χ2v) is 6.32. The quantitative estimate of drug-likeness (QED) is 0.319. The normalized spacial score (nSPS) is 12.3. The van der Waals surface area contributed by atoms with E-state index < -0.39 is 12.8 Å². The lowest BCUT2D eigenvalue weighted by Crippen LogP contribution is -2.41. The monoisotopic (exact) mass is 404 g/mol. The highest BCUT2D eigenvalue weighted by molar-refractivity contribution is 5.79. The molecule has 0 atom stereocenters. The van der Waals surface area contributed by atoms with Crippen molar-refractivity contribution in [1.29, 1.82) is 0 Å². The van der Waals surface area contributed by atoms with E-state index in [1.165, 1.54) is 6.07 Å². The first-order chi connectivity index (χ1) is 13.3. The number of halogens is 3. The zero-order valence-corrected chi connectivity index (χ0v) is 16.8. The van der Waals surface area contributed by atoms with Crippen LogP contribution in [0, 0.1) is 0 Å². The number of guanidine groups is 1. The zero-order chi connectivity index (χ0) is 20.8. The molecule has 0 bridgehead atoms. The Morgan fingerprint density at radius 3 is 2.68 bits per heavy atom. The minimum atomic E-state index is -4.35. The number of hydrogen-bond acceptors (Lipinski definition) is 4. The average Bonchev–Trinajstić information content (AvgIpc) is 2.64. The molecule has 28 heavy (non-hydrogen) atoms. The van der Waals surface area contributed by atoms with Crippen LogP contribution >= 0.6 is 0 Å². The van der Waals surface area contributed by atoms with Crippen LogP contribution in [0.2, 0.25) is 0 Å². The number of nitrogens with zero attached hydrogens (tertiary/aromatic N) is 2. The predicted octanol–water partition coefficient (Wildman–Crippen LogP) is 2.65. The van der Waals surface area contributed by atoms with Crippen LogP contribution in [0.1, 0.15) is 18.9 Å². The second kappa shape index (κ2) is 13.2. The van der Waals surface area contributed by atoms with Crippen LogP contribution in [0.5, 0.6) is 5.75 Å². The number of rotatable bonds is 12. The fourth-order valence-corrected chi connectivity index (χ4v) is 2.37. The van der Waals surface area contributed by atoms with Gasteiger partial charge in [-0.05, 0) is 38.1 Å². The van der Waals surface area contributed by atoms with Gasteiger partial charge in [-0.1, -0.05) is 12.1 Å². The van der Waals surface area contributed by atoms with Crippen LogP contribution in [0.15, 0.2) is 29.3 Å². The zero-order valence-electron chi connectivity index (χ0n) is 16.8. The van der Waals surface area contributed by atoms with Gasteiger partial charge in [0.2, 0.25) is 0 Å². The molecule has 0 fully saturated rings. The molecule has 0 spiro atoms. The summed E-state index contributed by atoms with van der Waals surface area (Å²) in [5.74, 6) is 0.843. The molecule has 0 aliphatic rings. The second-order valence-electron chi connectivity index (χ2n) is 6.32. The summed E-state index contributed by atoms with van der Waals surface area (Å²) in [6, 6.07) is 6.53. The summed E-state index contributed by atoms with van der Waals surface area (Å²) in [7, 11) is 3.74. The van der Waals surface area contributed by atoms with Crippen molar-refractivity contribution in [2.45, 2.75) is 26.1 Å². The molecule has 160 valence electrons. The van der Waals surface area contributed by atoms with Crippen LogP contribution in [-0.2, 0) is 11.3 Å². The molecule has 1 rings (SSSR count). The molecule has 1 aromatic carbocycles. The van der Waals surface area contributed by atoms with E-state index in [4.69, 9.17) is 9.47 Å². The van der Waals surface area contributed by atoms with Crippen molar-refractivity contribution >= 4 is 5.96 Å². The van der Waals surface area contributed by atoms with Gasteiger partial charge in [0.1, 0.15) is 5.75 Å². The Bertz CT molecular complexity index is 583. The molecule has 0 saturated carbocycles. The standard InChI is InChI=1S/C19H31F3N4O2/c1-4-23-18(24-9-11-26(2)10-6-12-27-3)25-14-16-7-5-8-17(13-16)28-15-19(20,21)22/h5,7-8,13H,4,6,9-12,14-15H2,1-3H3,(H2,23,24,25). The number of aliphatic imine (C=N–C) groups is 1. The smallest absolute Gasteiger partial charge is 0.422 e. The van der Waals surface area contributed by atoms with E-state index in [-0.39, 0.29) is 5.75 Å². The molecule has 1 aromatic rings. The largest absolute Gasteiger partial charge is 0.484 e. The van der Waals surface area contributed by atoms with Crippen LogP contribution in [0.4, 0.5) is 13.2 Å². The lowest BCUT2D eigenvalue weighted by Gasteiger charge is -2.18. The minimum Gasteiger partial charge on any atom is -0.484 e. The predicted molar refractivity (Wildman–Crippen MR) is 105 cm³/mol. The highest BCUT2D eigenvalue weighted by atomic mass is 19.4. The Kier molecular flexibility index (Phi) is 11.4. The van der Waals surface area contributed by atoms with Gasteiger partial charge in [0, 0.05) is 39.9 Å². The van der Waals surface area contributed by atoms with E-state index in [0.717, 1.165) is 38.2 Å². The number of methoxy groups -OCH3 is 1. The molecule has 0 aliphatic carbocycles. The lowest BCUT2D eigenvalue weighted by molar-refractivity contribution is -0.153. The van der Waals surface area contributed by atoms with Gasteiger partial charge in [-0.25, -0.2) is 4.99 Å². The summed E-state index contributed by atoms with van der Waals surface area (Å²) in [5.41, 5.74) is 0.772.